The molecule has 0 saturated carbocycles. The Morgan fingerprint density at radius 1 is 1.12 bits per heavy atom. The number of hydrogen-bond acceptors (Lipinski definition) is 7. The minimum atomic E-state index is -4.21. The second kappa shape index (κ2) is 8.64. The van der Waals surface area contributed by atoms with E-state index in [9.17, 15) is 17.6 Å². The summed E-state index contributed by atoms with van der Waals surface area (Å²) in [6.07, 6.45) is 1.16. The number of Topliss-reactive ketones (excluding diaryl/α,β-unsaturated/α-hetero) is 1. The fourth-order valence-electron chi connectivity index (χ4n) is 3.32. The van der Waals surface area contributed by atoms with Crippen LogP contribution in [0.4, 0.5) is 15.8 Å². The van der Waals surface area contributed by atoms with Crippen LogP contribution in [-0.2, 0) is 16.6 Å². The molecule has 1 aromatic heterocycles. The highest BCUT2D eigenvalue weighted by atomic mass is 32.2. The average Bonchev–Trinajstić information content (AvgIpc) is 3.26. The number of hydrogen-bond donors (Lipinski definition) is 1. The first kappa shape index (κ1) is 21.8. The number of methoxy groups -OCH3 is 2. The first-order valence-electron chi connectivity index (χ1n) is 9.43. The van der Waals surface area contributed by atoms with Gasteiger partial charge in [0.2, 0.25) is 5.78 Å². The Hall–Kier alpha value is -3.37. The molecule has 1 aliphatic heterocycles. The highest BCUT2D eigenvalue weighted by Crippen LogP contribution is 2.39. The molecule has 0 radical (unpaired) electrons. The third kappa shape index (κ3) is 3.94. The molecule has 2 aromatic carbocycles. The van der Waals surface area contributed by atoms with Crippen LogP contribution in [0.1, 0.15) is 15.2 Å². The Labute approximate surface area is 188 Å². The Morgan fingerprint density at radius 3 is 2.66 bits per heavy atom. The average molecular weight is 475 g/mol. The number of fused-ring (bicyclic) bond motifs is 1. The number of carbonyl (C=O) groups excluding carboxylic acids is 1. The molecular formula is C22H19FN2O5S2. The molecule has 3 aromatic rings. The molecule has 7 nitrogen and oxygen atoms in total. The monoisotopic (exact) mass is 474 g/mol. The minimum absolute atomic E-state index is 0.111. The molecule has 0 atom stereocenters. The second-order valence-corrected chi connectivity index (χ2v) is 9.57. The molecule has 0 bridgehead atoms. The summed E-state index contributed by atoms with van der Waals surface area (Å²) in [4.78, 5) is 12.9. The van der Waals surface area contributed by atoms with Gasteiger partial charge in [-0.15, -0.1) is 11.3 Å². The summed E-state index contributed by atoms with van der Waals surface area (Å²) in [6, 6.07) is 12.2. The van der Waals surface area contributed by atoms with Crippen molar-refractivity contribution < 1.29 is 27.1 Å². The molecule has 0 spiro atoms. The van der Waals surface area contributed by atoms with Crippen LogP contribution < -0.4 is 19.1 Å². The van der Waals surface area contributed by atoms with Crippen molar-refractivity contribution in [3.05, 3.63) is 81.3 Å². The lowest BCUT2D eigenvalue weighted by Gasteiger charge is -2.29. The van der Waals surface area contributed by atoms with E-state index in [2.05, 4.69) is 5.32 Å². The lowest BCUT2D eigenvalue weighted by Crippen LogP contribution is -2.38. The smallest absolute Gasteiger partial charge is 0.270 e. The van der Waals surface area contributed by atoms with Crippen LogP contribution in [0.2, 0.25) is 0 Å². The van der Waals surface area contributed by atoms with Crippen LogP contribution >= 0.6 is 11.3 Å². The third-order valence-electron chi connectivity index (χ3n) is 4.89. The molecule has 32 heavy (non-hydrogen) atoms. The number of sulfonamides is 1. The van der Waals surface area contributed by atoms with Crippen LogP contribution in [0.3, 0.4) is 0 Å². The number of allylic oxidation sites excluding steroid dienone is 1. The van der Waals surface area contributed by atoms with Crippen LogP contribution in [0.5, 0.6) is 11.5 Å². The molecule has 10 heteroatoms. The van der Waals surface area contributed by atoms with Crippen molar-refractivity contribution in [1.82, 2.24) is 0 Å². The molecule has 166 valence electrons. The fraction of sp³-hybridized carbons (Fsp3) is 0.136. The van der Waals surface area contributed by atoms with Crippen LogP contribution in [0.25, 0.3) is 0 Å². The highest BCUT2D eigenvalue weighted by Gasteiger charge is 2.41. The lowest BCUT2D eigenvalue weighted by molar-refractivity contribution is 0.104. The predicted molar refractivity (Wildman–Crippen MR) is 121 cm³/mol. The van der Waals surface area contributed by atoms with Crippen LogP contribution in [0.15, 0.2) is 65.0 Å². The SMILES string of the molecule is COc1ccc(NC=C2C(=O)c3sccc3N(Cc3cccc(F)c3)S2(=O)=O)c(OC)c1. The normalized spacial score (nSPS) is 16.0. The van der Waals surface area contributed by atoms with E-state index in [1.165, 1.54) is 32.4 Å². The molecule has 0 amide bonds. The van der Waals surface area contributed by atoms with E-state index >= 15 is 0 Å². The number of halogens is 1. The number of anilines is 2. The van der Waals surface area contributed by atoms with Gasteiger partial charge in [-0.2, -0.15) is 0 Å². The lowest BCUT2D eigenvalue weighted by atomic mass is 10.2. The summed E-state index contributed by atoms with van der Waals surface area (Å²) in [5, 5.41) is 4.52. The molecule has 0 unspecified atom stereocenters. The quantitative estimate of drug-likeness (QED) is 0.534. The van der Waals surface area contributed by atoms with Crippen molar-refractivity contribution in [2.45, 2.75) is 6.54 Å². The van der Waals surface area contributed by atoms with E-state index in [0.717, 1.165) is 21.8 Å². The van der Waals surface area contributed by atoms with E-state index in [0.29, 0.717) is 27.6 Å². The first-order valence-corrected chi connectivity index (χ1v) is 11.7. The molecule has 4 rings (SSSR count). The van der Waals surface area contributed by atoms with Gasteiger partial charge in [-0.3, -0.25) is 9.10 Å². The zero-order chi connectivity index (χ0) is 22.9. The van der Waals surface area contributed by atoms with Gasteiger partial charge >= 0.3 is 0 Å². The van der Waals surface area contributed by atoms with E-state index in [1.54, 1.807) is 35.7 Å². The number of nitrogens with zero attached hydrogens (tertiary/aromatic N) is 1. The largest absolute Gasteiger partial charge is 0.497 e. The Balaban J connectivity index is 1.74. The number of ketones is 1. The summed E-state index contributed by atoms with van der Waals surface area (Å²) in [5.74, 6) is -0.103. The van der Waals surface area contributed by atoms with E-state index in [-0.39, 0.29) is 12.2 Å². The number of carbonyl (C=O) groups is 1. The van der Waals surface area contributed by atoms with Gasteiger partial charge in [0.1, 0.15) is 22.2 Å². The summed E-state index contributed by atoms with van der Waals surface area (Å²) in [5.41, 5.74) is 1.20. The van der Waals surface area contributed by atoms with Crippen molar-refractivity contribution >= 4 is 38.5 Å². The highest BCUT2D eigenvalue weighted by molar-refractivity contribution is 7.97. The molecule has 0 fully saturated rings. The van der Waals surface area contributed by atoms with Gasteiger partial charge in [0.25, 0.3) is 10.0 Å². The van der Waals surface area contributed by atoms with Crippen molar-refractivity contribution in [3.63, 3.8) is 0 Å². The maximum atomic E-state index is 13.7. The Morgan fingerprint density at radius 2 is 1.94 bits per heavy atom. The second-order valence-electron chi connectivity index (χ2n) is 6.82. The Kier molecular flexibility index (Phi) is 5.90. The van der Waals surface area contributed by atoms with Gasteiger partial charge < -0.3 is 14.8 Å². The molecule has 2 heterocycles. The zero-order valence-electron chi connectivity index (χ0n) is 17.2. The molecular weight excluding hydrogens is 455 g/mol. The van der Waals surface area contributed by atoms with Crippen molar-refractivity contribution in [2.75, 3.05) is 23.8 Å². The number of benzene rings is 2. The van der Waals surface area contributed by atoms with Gasteiger partial charge in [0.15, 0.2) is 4.91 Å². The summed E-state index contributed by atoms with van der Waals surface area (Å²) in [6.45, 7) is -0.111. The molecule has 1 aliphatic rings. The number of ether oxygens (including phenoxy) is 2. The first-order chi connectivity index (χ1) is 15.3. The number of thiophene rings is 1. The maximum absolute atomic E-state index is 13.7. The van der Waals surface area contributed by atoms with Gasteiger partial charge in [0, 0.05) is 12.3 Å². The minimum Gasteiger partial charge on any atom is -0.497 e. The van der Waals surface area contributed by atoms with E-state index < -0.39 is 26.5 Å². The van der Waals surface area contributed by atoms with Crippen molar-refractivity contribution in [3.8, 4) is 11.5 Å². The van der Waals surface area contributed by atoms with Gasteiger partial charge in [-0.25, -0.2) is 12.8 Å². The van der Waals surface area contributed by atoms with E-state index in [4.69, 9.17) is 9.47 Å². The van der Waals surface area contributed by atoms with E-state index in [1.807, 2.05) is 0 Å². The van der Waals surface area contributed by atoms with Gasteiger partial charge in [-0.05, 0) is 41.3 Å². The zero-order valence-corrected chi connectivity index (χ0v) is 18.8. The molecule has 0 aliphatic carbocycles. The maximum Gasteiger partial charge on any atom is 0.270 e. The van der Waals surface area contributed by atoms with Gasteiger partial charge in [0.05, 0.1) is 32.1 Å². The molecule has 0 saturated heterocycles. The summed E-state index contributed by atoms with van der Waals surface area (Å²) >= 11 is 1.15. The van der Waals surface area contributed by atoms with Crippen molar-refractivity contribution in [2.24, 2.45) is 0 Å². The molecule has 1 N–H and O–H groups in total. The van der Waals surface area contributed by atoms with Gasteiger partial charge in [-0.1, -0.05) is 12.1 Å². The predicted octanol–water partition coefficient (Wildman–Crippen LogP) is 4.39. The third-order valence-corrected chi connectivity index (χ3v) is 7.56. The Bertz CT molecular complexity index is 1320. The van der Waals surface area contributed by atoms with Crippen LogP contribution in [-0.4, -0.2) is 28.4 Å². The number of nitrogens with one attached hydrogen (secondary N) is 1. The number of rotatable bonds is 6. The van der Waals surface area contributed by atoms with Crippen molar-refractivity contribution in [1.29, 1.82) is 0 Å². The summed E-state index contributed by atoms with van der Waals surface area (Å²) < 4.78 is 52.1. The topological polar surface area (TPSA) is 84.9 Å². The standard InChI is InChI=1S/C22H19FN2O5S2/c1-29-16-6-7-17(19(11-16)30-2)24-12-20-21(26)22-18(8-9-31-22)25(32(20,27)28)13-14-4-3-5-15(23)10-14/h3-12,24H,13H2,1-2H3. The summed E-state index contributed by atoms with van der Waals surface area (Å²) in [7, 11) is -1.23. The van der Waals surface area contributed by atoms with Crippen LogP contribution in [0, 0.1) is 5.82 Å². The fourth-order valence-corrected chi connectivity index (χ4v) is 5.80.